The molecule has 0 spiro atoms. The highest BCUT2D eigenvalue weighted by atomic mass is 19.2. The van der Waals surface area contributed by atoms with E-state index in [0.717, 1.165) is 46.8 Å². The molecule has 3 heterocycles. The van der Waals surface area contributed by atoms with E-state index in [-0.39, 0.29) is 17.3 Å². The predicted molar refractivity (Wildman–Crippen MR) is 121 cm³/mol. The van der Waals surface area contributed by atoms with Crippen molar-refractivity contribution in [2.24, 2.45) is 5.16 Å². The van der Waals surface area contributed by atoms with Crippen LogP contribution in [0.15, 0.2) is 46.1 Å². The number of aryl methyl sites for hydroxylation is 1. The van der Waals surface area contributed by atoms with E-state index in [1.165, 1.54) is 25.0 Å². The van der Waals surface area contributed by atoms with Crippen molar-refractivity contribution < 1.29 is 18.1 Å². The predicted octanol–water partition coefficient (Wildman–Crippen LogP) is 5.83. The van der Waals surface area contributed by atoms with Crippen molar-refractivity contribution >= 4 is 16.6 Å². The first-order valence-electron chi connectivity index (χ1n) is 11.5. The minimum absolute atomic E-state index is 0.0392. The Labute approximate surface area is 194 Å². The second kappa shape index (κ2) is 7.72. The zero-order chi connectivity index (χ0) is 23.4. The molecule has 1 aliphatic heterocycles. The van der Waals surface area contributed by atoms with E-state index in [1.54, 1.807) is 6.92 Å². The molecule has 9 heteroatoms. The molecule has 1 atom stereocenters. The van der Waals surface area contributed by atoms with Crippen molar-refractivity contribution in [3.8, 4) is 11.4 Å². The van der Waals surface area contributed by atoms with Crippen LogP contribution in [-0.2, 0) is 10.4 Å². The monoisotopic (exact) mass is 463 g/mol. The summed E-state index contributed by atoms with van der Waals surface area (Å²) in [4.78, 5) is 10.0. The minimum Gasteiger partial charge on any atom is -0.379 e. The summed E-state index contributed by atoms with van der Waals surface area (Å²) >= 11 is 0. The lowest BCUT2D eigenvalue weighted by Gasteiger charge is -2.15. The molecular formula is C25H23F2N5O2. The van der Waals surface area contributed by atoms with Gasteiger partial charge in [-0.15, -0.1) is 0 Å². The molecule has 174 valence electrons. The molecule has 1 aliphatic carbocycles. The molecule has 1 saturated carbocycles. The van der Waals surface area contributed by atoms with Crippen LogP contribution in [0.25, 0.3) is 22.3 Å². The maximum Gasteiger partial charge on any atom is 0.274 e. The highest BCUT2D eigenvalue weighted by molar-refractivity contribution is 6.04. The summed E-state index contributed by atoms with van der Waals surface area (Å²) in [6.45, 7) is 3.82. The van der Waals surface area contributed by atoms with Gasteiger partial charge in [0.1, 0.15) is 0 Å². The molecule has 7 nitrogen and oxygen atoms in total. The van der Waals surface area contributed by atoms with Gasteiger partial charge < -0.3 is 9.36 Å². The van der Waals surface area contributed by atoms with Crippen LogP contribution in [0.2, 0.25) is 0 Å². The summed E-state index contributed by atoms with van der Waals surface area (Å²) in [7, 11) is 0. The Morgan fingerprint density at radius 3 is 2.76 bits per heavy atom. The number of oxime groups is 1. The van der Waals surface area contributed by atoms with Gasteiger partial charge in [-0.25, -0.2) is 8.78 Å². The van der Waals surface area contributed by atoms with E-state index in [9.17, 15) is 8.78 Å². The normalized spacial score (nSPS) is 20.8. The van der Waals surface area contributed by atoms with E-state index in [4.69, 9.17) is 14.5 Å². The van der Waals surface area contributed by atoms with Crippen LogP contribution in [0, 0.1) is 18.6 Å². The van der Waals surface area contributed by atoms with Gasteiger partial charge in [-0.3, -0.25) is 4.68 Å². The molecule has 1 unspecified atom stereocenters. The van der Waals surface area contributed by atoms with Crippen LogP contribution in [0.1, 0.15) is 62.2 Å². The van der Waals surface area contributed by atoms with Crippen LogP contribution in [-0.4, -0.2) is 25.6 Å². The van der Waals surface area contributed by atoms with Gasteiger partial charge in [0, 0.05) is 17.4 Å². The number of aromatic nitrogens is 4. The SMILES string of the molecule is Cc1nn(C2CCCC2)c2cc(C3=NOC(C)(c4nc(-c5cccc(F)c5F)no4)C3)ccc12. The minimum atomic E-state index is -1.02. The van der Waals surface area contributed by atoms with Gasteiger partial charge >= 0.3 is 0 Å². The maximum atomic E-state index is 14.2. The molecule has 0 saturated heterocycles. The third-order valence-electron chi connectivity index (χ3n) is 6.83. The van der Waals surface area contributed by atoms with Crippen LogP contribution in [0.5, 0.6) is 0 Å². The van der Waals surface area contributed by atoms with E-state index >= 15 is 0 Å². The Morgan fingerprint density at radius 1 is 1.12 bits per heavy atom. The second-order valence-corrected chi connectivity index (χ2v) is 9.26. The maximum absolute atomic E-state index is 14.2. The first-order chi connectivity index (χ1) is 16.4. The Morgan fingerprint density at radius 2 is 1.94 bits per heavy atom. The van der Waals surface area contributed by atoms with Crippen LogP contribution < -0.4 is 0 Å². The van der Waals surface area contributed by atoms with E-state index in [0.29, 0.717) is 12.5 Å². The van der Waals surface area contributed by atoms with Crippen molar-refractivity contribution in [3.63, 3.8) is 0 Å². The summed E-state index contributed by atoms with van der Waals surface area (Å²) in [6.07, 6.45) is 5.15. The third-order valence-corrected chi connectivity index (χ3v) is 6.83. The quantitative estimate of drug-likeness (QED) is 0.381. The molecule has 0 amide bonds. The van der Waals surface area contributed by atoms with Gasteiger partial charge in [0.25, 0.3) is 5.89 Å². The average Bonchev–Trinajstić information content (AvgIpc) is 3.62. The molecule has 0 N–H and O–H groups in total. The van der Waals surface area contributed by atoms with Gasteiger partial charge in [-0.2, -0.15) is 10.1 Å². The lowest BCUT2D eigenvalue weighted by atomic mass is 9.95. The molecular weight excluding hydrogens is 440 g/mol. The van der Waals surface area contributed by atoms with Gasteiger partial charge in [0.2, 0.25) is 11.4 Å². The standard InChI is InChI=1S/C25H23F2N5O2/c1-14-17-11-10-15(12-21(17)32(29-14)16-6-3-4-7-16)20-13-25(2,34-30-20)24-28-23(31-33-24)18-8-5-9-19(26)22(18)27/h5,8-12,16H,3-4,6-7,13H2,1-2H3. The summed E-state index contributed by atoms with van der Waals surface area (Å²) < 4.78 is 35.3. The van der Waals surface area contributed by atoms with Gasteiger partial charge in [0.15, 0.2) is 11.6 Å². The van der Waals surface area contributed by atoms with Gasteiger partial charge in [-0.05, 0) is 44.9 Å². The highest BCUT2D eigenvalue weighted by Gasteiger charge is 2.42. The highest BCUT2D eigenvalue weighted by Crippen LogP contribution is 2.38. The van der Waals surface area contributed by atoms with Crippen molar-refractivity contribution in [1.82, 2.24) is 19.9 Å². The number of rotatable bonds is 4. The summed E-state index contributed by atoms with van der Waals surface area (Å²) in [6, 6.07) is 10.5. The first-order valence-corrected chi connectivity index (χ1v) is 11.5. The van der Waals surface area contributed by atoms with Gasteiger partial charge in [-0.1, -0.05) is 41.4 Å². The molecule has 34 heavy (non-hydrogen) atoms. The molecule has 2 aliphatic rings. The van der Waals surface area contributed by atoms with E-state index in [2.05, 4.69) is 32.1 Å². The largest absolute Gasteiger partial charge is 0.379 e. The average molecular weight is 463 g/mol. The number of halogens is 2. The fraction of sp³-hybridized carbons (Fsp3) is 0.360. The van der Waals surface area contributed by atoms with Crippen molar-refractivity contribution in [2.45, 2.75) is 57.6 Å². The molecule has 2 aromatic carbocycles. The molecule has 0 bridgehead atoms. The molecule has 4 aromatic rings. The number of fused-ring (bicyclic) bond motifs is 1. The Hall–Kier alpha value is -3.62. The number of hydrogen-bond acceptors (Lipinski definition) is 6. The van der Waals surface area contributed by atoms with Crippen molar-refractivity contribution in [2.75, 3.05) is 0 Å². The van der Waals surface area contributed by atoms with E-state index in [1.807, 2.05) is 13.0 Å². The zero-order valence-corrected chi connectivity index (χ0v) is 18.9. The lowest BCUT2D eigenvalue weighted by Crippen LogP contribution is -2.22. The van der Waals surface area contributed by atoms with Gasteiger partial charge in [0.05, 0.1) is 28.5 Å². The van der Waals surface area contributed by atoms with Crippen LogP contribution in [0.4, 0.5) is 8.78 Å². The third kappa shape index (κ3) is 3.29. The van der Waals surface area contributed by atoms with Crippen LogP contribution >= 0.6 is 0 Å². The Kier molecular flexibility index (Phi) is 4.75. The van der Waals surface area contributed by atoms with E-state index < -0.39 is 17.2 Å². The molecule has 1 fully saturated rings. The van der Waals surface area contributed by atoms with Crippen molar-refractivity contribution in [3.05, 3.63) is 65.2 Å². The lowest BCUT2D eigenvalue weighted by molar-refractivity contribution is -0.0313. The zero-order valence-electron chi connectivity index (χ0n) is 18.9. The summed E-state index contributed by atoms with van der Waals surface area (Å²) in [5, 5.41) is 14.1. The molecule has 0 radical (unpaired) electrons. The topological polar surface area (TPSA) is 78.3 Å². The fourth-order valence-corrected chi connectivity index (χ4v) is 4.94. The smallest absolute Gasteiger partial charge is 0.274 e. The Bertz CT molecular complexity index is 1440. The molecule has 6 rings (SSSR count). The summed E-state index contributed by atoms with van der Waals surface area (Å²) in [5.74, 6) is -1.88. The number of nitrogens with zero attached hydrogens (tertiary/aromatic N) is 5. The second-order valence-electron chi connectivity index (χ2n) is 9.26. The van der Waals surface area contributed by atoms with Crippen LogP contribution in [0.3, 0.4) is 0 Å². The van der Waals surface area contributed by atoms with Crippen molar-refractivity contribution in [1.29, 1.82) is 0 Å². The fourth-order valence-electron chi connectivity index (χ4n) is 4.94. The summed E-state index contributed by atoms with van der Waals surface area (Å²) in [5.41, 5.74) is 2.72. The molecule has 2 aromatic heterocycles. The number of benzene rings is 2. The number of hydrogen-bond donors (Lipinski definition) is 0. The first kappa shape index (κ1) is 20.9. The Balaban J connectivity index is 1.29.